The predicted molar refractivity (Wildman–Crippen MR) is 75.4 cm³/mol. The lowest BCUT2D eigenvalue weighted by Crippen LogP contribution is -2.20. The Bertz CT molecular complexity index is 642. The van der Waals surface area contributed by atoms with Crippen molar-refractivity contribution in [3.05, 3.63) is 70.5 Å². The first-order valence-corrected chi connectivity index (χ1v) is 7.06. The molecule has 1 fully saturated rings. The lowest BCUT2D eigenvalue weighted by atomic mass is 9.76. The van der Waals surface area contributed by atoms with Crippen molar-refractivity contribution in [2.45, 2.75) is 31.2 Å². The van der Waals surface area contributed by atoms with Crippen molar-refractivity contribution in [3.8, 4) is 0 Å². The topological polar surface area (TPSA) is 26.0 Å². The van der Waals surface area contributed by atoms with Gasteiger partial charge in [-0.3, -0.25) is 0 Å². The number of nitrogens with two attached hydrogens (primary N) is 1. The second kappa shape index (κ2) is 5.53. The van der Waals surface area contributed by atoms with E-state index in [4.69, 9.17) is 5.73 Å². The van der Waals surface area contributed by atoms with Crippen molar-refractivity contribution >= 4 is 0 Å². The van der Waals surface area contributed by atoms with Gasteiger partial charge in [-0.05, 0) is 29.9 Å². The summed E-state index contributed by atoms with van der Waals surface area (Å²) >= 11 is 0. The van der Waals surface area contributed by atoms with E-state index in [9.17, 15) is 13.2 Å². The van der Waals surface area contributed by atoms with Gasteiger partial charge < -0.3 is 5.73 Å². The van der Waals surface area contributed by atoms with Crippen LogP contribution in [0.5, 0.6) is 0 Å². The van der Waals surface area contributed by atoms with Gasteiger partial charge in [0.2, 0.25) is 0 Å². The molecule has 0 spiro atoms. The molecule has 1 unspecified atom stereocenters. The summed E-state index contributed by atoms with van der Waals surface area (Å²) in [5.74, 6) is -2.42. The van der Waals surface area contributed by atoms with Gasteiger partial charge in [-0.1, -0.05) is 30.7 Å². The van der Waals surface area contributed by atoms with E-state index < -0.39 is 23.5 Å². The molecule has 0 heterocycles. The average molecular weight is 291 g/mol. The van der Waals surface area contributed by atoms with Crippen LogP contribution in [0.3, 0.4) is 0 Å². The van der Waals surface area contributed by atoms with Gasteiger partial charge in [-0.25, -0.2) is 13.2 Å². The highest BCUT2D eigenvalue weighted by Gasteiger charge is 2.27. The fraction of sp³-hybridized carbons (Fsp3) is 0.294. The van der Waals surface area contributed by atoms with Gasteiger partial charge in [0.15, 0.2) is 0 Å². The quantitative estimate of drug-likeness (QED) is 0.890. The van der Waals surface area contributed by atoms with Gasteiger partial charge in [-0.15, -0.1) is 0 Å². The van der Waals surface area contributed by atoms with E-state index in [1.165, 1.54) is 0 Å². The SMILES string of the molecule is NC(c1ccccc1C1CCC1)c1c(F)cc(F)cc1F. The molecule has 0 bridgehead atoms. The number of rotatable bonds is 3. The summed E-state index contributed by atoms with van der Waals surface area (Å²) < 4.78 is 40.9. The first-order valence-electron chi connectivity index (χ1n) is 7.06. The number of halogens is 3. The number of hydrogen-bond acceptors (Lipinski definition) is 1. The molecule has 4 heteroatoms. The summed E-state index contributed by atoms with van der Waals surface area (Å²) in [5, 5.41) is 0. The molecule has 0 amide bonds. The summed E-state index contributed by atoms with van der Waals surface area (Å²) in [4.78, 5) is 0. The zero-order valence-corrected chi connectivity index (χ0v) is 11.5. The smallest absolute Gasteiger partial charge is 0.134 e. The van der Waals surface area contributed by atoms with Gasteiger partial charge in [0.05, 0.1) is 6.04 Å². The third-order valence-corrected chi connectivity index (χ3v) is 4.23. The highest BCUT2D eigenvalue weighted by Crippen LogP contribution is 2.40. The van der Waals surface area contributed by atoms with Crippen LogP contribution in [0.4, 0.5) is 13.2 Å². The van der Waals surface area contributed by atoms with Crippen molar-refractivity contribution in [2.75, 3.05) is 0 Å². The highest BCUT2D eigenvalue weighted by molar-refractivity contribution is 5.40. The Morgan fingerprint density at radius 1 is 1.00 bits per heavy atom. The van der Waals surface area contributed by atoms with Gasteiger partial charge >= 0.3 is 0 Å². The Balaban J connectivity index is 2.05. The van der Waals surface area contributed by atoms with Gasteiger partial charge in [-0.2, -0.15) is 0 Å². The minimum Gasteiger partial charge on any atom is -0.320 e. The summed E-state index contributed by atoms with van der Waals surface area (Å²) in [7, 11) is 0. The van der Waals surface area contributed by atoms with E-state index in [2.05, 4.69) is 0 Å². The normalized spacial score (nSPS) is 16.6. The Kier molecular flexibility index (Phi) is 3.72. The van der Waals surface area contributed by atoms with E-state index in [1.54, 1.807) is 12.1 Å². The molecule has 2 aromatic carbocycles. The lowest BCUT2D eigenvalue weighted by Gasteiger charge is -2.29. The molecule has 1 atom stereocenters. The molecule has 1 saturated carbocycles. The molecule has 1 nitrogen and oxygen atoms in total. The first-order chi connectivity index (χ1) is 10.1. The molecule has 3 rings (SSSR count). The molecule has 21 heavy (non-hydrogen) atoms. The van der Waals surface area contributed by atoms with Crippen molar-refractivity contribution < 1.29 is 13.2 Å². The molecule has 0 aliphatic heterocycles. The van der Waals surface area contributed by atoms with Crippen LogP contribution in [0, 0.1) is 17.5 Å². The maximum absolute atomic E-state index is 13.9. The van der Waals surface area contributed by atoms with E-state index >= 15 is 0 Å². The minimum atomic E-state index is -0.941. The van der Waals surface area contributed by atoms with E-state index in [-0.39, 0.29) is 5.56 Å². The average Bonchev–Trinajstić information content (AvgIpc) is 2.36. The number of benzene rings is 2. The van der Waals surface area contributed by atoms with Crippen LogP contribution in [0.1, 0.15) is 47.9 Å². The Morgan fingerprint density at radius 3 is 2.19 bits per heavy atom. The monoisotopic (exact) mass is 291 g/mol. The van der Waals surface area contributed by atoms with Gasteiger partial charge in [0.1, 0.15) is 17.5 Å². The molecule has 1 aliphatic carbocycles. The molecule has 2 N–H and O–H groups in total. The molecule has 0 aromatic heterocycles. The lowest BCUT2D eigenvalue weighted by molar-refractivity contribution is 0.415. The van der Waals surface area contributed by atoms with Gasteiger partial charge in [0.25, 0.3) is 0 Å². The van der Waals surface area contributed by atoms with Crippen LogP contribution in [-0.2, 0) is 0 Å². The third-order valence-electron chi connectivity index (χ3n) is 4.23. The van der Waals surface area contributed by atoms with Crippen LogP contribution >= 0.6 is 0 Å². The zero-order chi connectivity index (χ0) is 15.0. The van der Waals surface area contributed by atoms with Crippen molar-refractivity contribution in [1.29, 1.82) is 0 Å². The largest absolute Gasteiger partial charge is 0.320 e. The molecule has 0 radical (unpaired) electrons. The molecular weight excluding hydrogens is 275 g/mol. The van der Waals surface area contributed by atoms with Crippen LogP contribution in [0.15, 0.2) is 36.4 Å². The second-order valence-corrected chi connectivity index (χ2v) is 5.52. The summed E-state index contributed by atoms with van der Waals surface area (Å²) in [6, 6.07) is 7.87. The maximum Gasteiger partial charge on any atom is 0.134 e. The Morgan fingerprint density at radius 2 is 1.62 bits per heavy atom. The second-order valence-electron chi connectivity index (χ2n) is 5.52. The van der Waals surface area contributed by atoms with E-state index in [0.29, 0.717) is 23.6 Å². The predicted octanol–water partition coefficient (Wildman–Crippen LogP) is 4.42. The van der Waals surface area contributed by atoms with Crippen molar-refractivity contribution in [2.24, 2.45) is 5.73 Å². The van der Waals surface area contributed by atoms with Crippen LogP contribution < -0.4 is 5.73 Å². The zero-order valence-electron chi connectivity index (χ0n) is 11.5. The summed E-state index contributed by atoms with van der Waals surface area (Å²) in [6.45, 7) is 0. The Hall–Kier alpha value is -1.81. The molecule has 0 saturated heterocycles. The fourth-order valence-electron chi connectivity index (χ4n) is 2.89. The first kappa shape index (κ1) is 14.1. The minimum absolute atomic E-state index is 0.275. The van der Waals surface area contributed by atoms with Crippen molar-refractivity contribution in [1.82, 2.24) is 0 Å². The van der Waals surface area contributed by atoms with Crippen molar-refractivity contribution in [3.63, 3.8) is 0 Å². The van der Waals surface area contributed by atoms with Crippen LogP contribution in [0.25, 0.3) is 0 Å². The Labute approximate surface area is 121 Å². The maximum atomic E-state index is 13.9. The van der Waals surface area contributed by atoms with Crippen LogP contribution in [0.2, 0.25) is 0 Å². The molecular formula is C17H16F3N. The van der Waals surface area contributed by atoms with E-state index in [0.717, 1.165) is 24.8 Å². The third kappa shape index (κ3) is 2.56. The standard InChI is InChI=1S/C17H16F3N/c18-11-8-14(19)16(15(20)9-11)17(21)13-7-2-1-6-12(13)10-4-3-5-10/h1-2,6-10,17H,3-5,21H2. The van der Waals surface area contributed by atoms with E-state index in [1.807, 2.05) is 12.1 Å². The molecule has 2 aromatic rings. The molecule has 110 valence electrons. The summed E-state index contributed by atoms with van der Waals surface area (Å²) in [6.07, 6.45) is 3.30. The van der Waals surface area contributed by atoms with Gasteiger partial charge in [0, 0.05) is 17.7 Å². The summed E-state index contributed by atoms with van der Waals surface area (Å²) in [5.41, 5.74) is 7.56. The fourth-order valence-corrected chi connectivity index (χ4v) is 2.89. The highest BCUT2D eigenvalue weighted by atomic mass is 19.1. The van der Waals surface area contributed by atoms with Crippen LogP contribution in [-0.4, -0.2) is 0 Å². The number of hydrogen-bond donors (Lipinski definition) is 1. The molecule has 1 aliphatic rings.